The zero-order chi connectivity index (χ0) is 27.7. The molecular formula is C30H33N5O4. The lowest BCUT2D eigenvalue weighted by atomic mass is 9.90. The van der Waals surface area contributed by atoms with Gasteiger partial charge in [-0.05, 0) is 74.7 Å². The predicted octanol–water partition coefficient (Wildman–Crippen LogP) is 4.27. The van der Waals surface area contributed by atoms with Crippen molar-refractivity contribution in [3.63, 3.8) is 0 Å². The van der Waals surface area contributed by atoms with E-state index in [9.17, 15) is 14.4 Å². The number of benzene rings is 1. The van der Waals surface area contributed by atoms with Gasteiger partial charge in [0.1, 0.15) is 11.0 Å². The molecule has 0 spiro atoms. The highest BCUT2D eigenvalue weighted by Crippen LogP contribution is 2.38. The quantitative estimate of drug-likeness (QED) is 0.344. The molecule has 0 radical (unpaired) electrons. The Bertz CT molecular complexity index is 1570. The van der Waals surface area contributed by atoms with Crippen molar-refractivity contribution < 1.29 is 14.0 Å². The van der Waals surface area contributed by atoms with Crippen LogP contribution in [0, 0.1) is 5.41 Å². The summed E-state index contributed by atoms with van der Waals surface area (Å²) >= 11 is 0. The second-order valence-electron chi connectivity index (χ2n) is 10.4. The molecule has 0 bridgehead atoms. The number of carbonyl (C=O) groups is 2. The fraction of sp³-hybridized carbons (Fsp3) is 0.333. The van der Waals surface area contributed by atoms with Gasteiger partial charge in [0.2, 0.25) is 11.8 Å². The molecule has 4 aromatic rings. The van der Waals surface area contributed by atoms with Crippen LogP contribution in [0.15, 0.2) is 76.5 Å². The molecule has 3 aromatic heterocycles. The van der Waals surface area contributed by atoms with E-state index in [1.165, 1.54) is 6.26 Å². The van der Waals surface area contributed by atoms with Crippen molar-refractivity contribution in [2.24, 2.45) is 5.41 Å². The fourth-order valence-corrected chi connectivity index (χ4v) is 5.23. The van der Waals surface area contributed by atoms with Crippen molar-refractivity contribution in [3.8, 4) is 0 Å². The molecule has 1 aliphatic heterocycles. The van der Waals surface area contributed by atoms with Crippen molar-refractivity contribution in [1.82, 2.24) is 14.9 Å². The Kier molecular flexibility index (Phi) is 7.10. The number of aromatic nitrogens is 2. The number of furan rings is 1. The first-order valence-electron chi connectivity index (χ1n) is 13.2. The van der Waals surface area contributed by atoms with Crippen LogP contribution < -0.4 is 20.7 Å². The monoisotopic (exact) mass is 527 g/mol. The highest BCUT2D eigenvalue weighted by molar-refractivity contribution is 6.19. The number of amides is 2. The molecule has 39 heavy (non-hydrogen) atoms. The smallest absolute Gasteiger partial charge is 0.261 e. The number of nitrogens with zero attached hydrogens (tertiary/aromatic N) is 4. The molecule has 9 nitrogen and oxygen atoms in total. The summed E-state index contributed by atoms with van der Waals surface area (Å²) in [7, 11) is 1.72. The lowest BCUT2D eigenvalue weighted by molar-refractivity contribution is -0.137. The summed E-state index contributed by atoms with van der Waals surface area (Å²) < 4.78 is 7.05. The van der Waals surface area contributed by atoms with E-state index < -0.39 is 5.41 Å². The minimum absolute atomic E-state index is 0.0502. The Morgan fingerprint density at radius 2 is 1.77 bits per heavy atom. The number of anilines is 2. The lowest BCUT2D eigenvalue weighted by Gasteiger charge is -2.27. The summed E-state index contributed by atoms with van der Waals surface area (Å²) in [4.78, 5) is 46.7. The van der Waals surface area contributed by atoms with Crippen molar-refractivity contribution in [2.75, 3.05) is 23.4 Å². The predicted molar refractivity (Wildman–Crippen MR) is 151 cm³/mol. The highest BCUT2D eigenvalue weighted by Gasteiger charge is 2.45. The van der Waals surface area contributed by atoms with E-state index in [-0.39, 0.29) is 23.4 Å². The zero-order valence-electron chi connectivity index (χ0n) is 22.7. The maximum absolute atomic E-state index is 13.2. The molecule has 1 N–H and O–H groups in total. The average Bonchev–Trinajstić information content (AvgIpc) is 3.42. The van der Waals surface area contributed by atoms with Crippen molar-refractivity contribution in [1.29, 1.82) is 0 Å². The first-order valence-corrected chi connectivity index (χ1v) is 13.2. The van der Waals surface area contributed by atoms with E-state index >= 15 is 0 Å². The maximum Gasteiger partial charge on any atom is 0.261 e. The Labute approximate surface area is 227 Å². The minimum Gasteiger partial charge on any atom is -0.464 e. The number of rotatable bonds is 8. The minimum atomic E-state index is -1.15. The van der Waals surface area contributed by atoms with Crippen molar-refractivity contribution in [3.05, 3.63) is 88.8 Å². The maximum atomic E-state index is 13.2. The second kappa shape index (κ2) is 10.5. The Morgan fingerprint density at radius 1 is 1.00 bits per heavy atom. The standard InChI is InChI=1S/C30H33N5O4/c1-5-35-24-7-6-20(18-25(24)33(4)28(37)30(2,3)29(35)38)19-32-23(21-8-13-31-14-9-21)10-15-34-16-11-26-22(27(34)36)12-17-39-26/h6-9,11-14,16-18,23,32H,5,10,15,19H2,1-4H3. The summed E-state index contributed by atoms with van der Waals surface area (Å²) in [5, 5.41) is 4.19. The van der Waals surface area contributed by atoms with Gasteiger partial charge in [0.25, 0.3) is 5.56 Å². The normalized spacial score (nSPS) is 15.9. The molecule has 0 aliphatic carbocycles. The van der Waals surface area contributed by atoms with Gasteiger partial charge in [-0.3, -0.25) is 19.4 Å². The summed E-state index contributed by atoms with van der Waals surface area (Å²) in [6.45, 7) is 6.80. The van der Waals surface area contributed by atoms with E-state index in [4.69, 9.17) is 4.42 Å². The Hall–Kier alpha value is -4.24. The van der Waals surface area contributed by atoms with E-state index in [1.54, 1.807) is 59.9 Å². The van der Waals surface area contributed by atoms with Gasteiger partial charge in [-0.25, -0.2) is 0 Å². The van der Waals surface area contributed by atoms with E-state index in [0.29, 0.717) is 42.7 Å². The van der Waals surface area contributed by atoms with Gasteiger partial charge < -0.3 is 24.1 Å². The summed E-state index contributed by atoms with van der Waals surface area (Å²) in [5.74, 6) is -0.433. The third-order valence-electron chi connectivity index (χ3n) is 7.54. The summed E-state index contributed by atoms with van der Waals surface area (Å²) in [5.41, 5.74) is 2.84. The van der Waals surface area contributed by atoms with Gasteiger partial charge in [-0.15, -0.1) is 0 Å². The second-order valence-corrected chi connectivity index (χ2v) is 10.4. The molecule has 0 saturated heterocycles. The van der Waals surface area contributed by atoms with Gasteiger partial charge in [-0.2, -0.15) is 0 Å². The van der Waals surface area contributed by atoms with Crippen molar-refractivity contribution in [2.45, 2.75) is 46.3 Å². The van der Waals surface area contributed by atoms with E-state index in [0.717, 1.165) is 16.8 Å². The largest absolute Gasteiger partial charge is 0.464 e. The molecule has 1 aromatic carbocycles. The van der Waals surface area contributed by atoms with E-state index in [1.807, 2.05) is 43.3 Å². The van der Waals surface area contributed by atoms with Crippen LogP contribution in [0.4, 0.5) is 11.4 Å². The number of carbonyl (C=O) groups excluding carboxylic acids is 2. The number of pyridine rings is 2. The number of fused-ring (bicyclic) bond motifs is 2. The lowest BCUT2D eigenvalue weighted by Crippen LogP contribution is -2.47. The molecule has 4 heterocycles. The summed E-state index contributed by atoms with van der Waals surface area (Å²) in [6, 6.07) is 13.3. The number of hydrogen-bond donors (Lipinski definition) is 1. The van der Waals surface area contributed by atoms with Gasteiger partial charge in [-0.1, -0.05) is 6.07 Å². The molecule has 5 rings (SSSR count). The van der Waals surface area contributed by atoms with Crippen LogP contribution in [0.2, 0.25) is 0 Å². The topological polar surface area (TPSA) is 101 Å². The number of nitrogens with one attached hydrogen (secondary N) is 1. The highest BCUT2D eigenvalue weighted by atomic mass is 16.3. The number of hydrogen-bond acceptors (Lipinski definition) is 6. The summed E-state index contributed by atoms with van der Waals surface area (Å²) in [6.07, 6.45) is 7.48. The molecule has 1 atom stereocenters. The Balaban J connectivity index is 1.39. The Morgan fingerprint density at radius 3 is 2.51 bits per heavy atom. The first kappa shape index (κ1) is 26.4. The molecule has 1 aliphatic rings. The molecule has 0 fully saturated rings. The molecule has 202 valence electrons. The molecular weight excluding hydrogens is 494 g/mol. The van der Waals surface area contributed by atoms with Crippen LogP contribution in [-0.2, 0) is 22.7 Å². The van der Waals surface area contributed by atoms with Gasteiger partial charge >= 0.3 is 0 Å². The van der Waals surface area contributed by atoms with Crippen LogP contribution >= 0.6 is 0 Å². The third kappa shape index (κ3) is 4.85. The fourth-order valence-electron chi connectivity index (χ4n) is 5.23. The van der Waals surface area contributed by atoms with Crippen molar-refractivity contribution >= 4 is 34.2 Å². The van der Waals surface area contributed by atoms with Crippen LogP contribution in [0.25, 0.3) is 11.0 Å². The molecule has 0 saturated carbocycles. The molecule has 9 heteroatoms. The molecule has 2 amide bonds. The first-order chi connectivity index (χ1) is 18.7. The van der Waals surface area contributed by atoms with Gasteiger partial charge in [0, 0.05) is 51.3 Å². The van der Waals surface area contributed by atoms with E-state index in [2.05, 4.69) is 10.3 Å². The van der Waals surface area contributed by atoms with Crippen LogP contribution in [0.3, 0.4) is 0 Å². The zero-order valence-corrected chi connectivity index (χ0v) is 22.7. The van der Waals surface area contributed by atoms with Gasteiger partial charge in [0.05, 0.1) is 23.0 Å². The van der Waals surface area contributed by atoms with Crippen LogP contribution in [-0.4, -0.2) is 35.0 Å². The molecule has 1 unspecified atom stereocenters. The van der Waals surface area contributed by atoms with Crippen LogP contribution in [0.1, 0.15) is 44.4 Å². The third-order valence-corrected chi connectivity index (χ3v) is 7.54. The number of aryl methyl sites for hydroxylation is 1. The van der Waals surface area contributed by atoms with Gasteiger partial charge in [0.15, 0.2) is 0 Å². The average molecular weight is 528 g/mol. The van der Waals surface area contributed by atoms with Crippen LogP contribution in [0.5, 0.6) is 0 Å². The SMILES string of the molecule is CCN1C(=O)C(C)(C)C(=O)N(C)c2cc(CNC(CCn3ccc4occc4c3=O)c3ccncc3)ccc21.